The molecule has 0 saturated heterocycles. The molecule has 3 aromatic rings. The zero-order valence-corrected chi connectivity index (χ0v) is 16.3. The molecule has 0 atom stereocenters. The van der Waals surface area contributed by atoms with Crippen molar-refractivity contribution in [3.63, 3.8) is 0 Å². The maximum absolute atomic E-state index is 11.7. The van der Waals surface area contributed by atoms with Gasteiger partial charge in [-0.3, -0.25) is 0 Å². The number of nitrogens with zero attached hydrogens (tertiary/aromatic N) is 2. The number of hydrogen-bond acceptors (Lipinski definition) is 8. The van der Waals surface area contributed by atoms with Crippen molar-refractivity contribution >= 4 is 29.0 Å². The summed E-state index contributed by atoms with van der Waals surface area (Å²) in [7, 11) is 1.63. The van der Waals surface area contributed by atoms with Gasteiger partial charge in [-0.25, -0.2) is 14.8 Å². The van der Waals surface area contributed by atoms with Crippen molar-refractivity contribution in [2.75, 3.05) is 30.1 Å². The summed E-state index contributed by atoms with van der Waals surface area (Å²) in [6.07, 6.45) is 1.43. The molecular formula is C21H23N5O3. The molecule has 0 fully saturated rings. The Morgan fingerprint density at radius 3 is 2.38 bits per heavy atom. The fraction of sp³-hybridized carbons (Fsp3) is 0.190. The van der Waals surface area contributed by atoms with Crippen molar-refractivity contribution in [2.45, 2.75) is 13.5 Å². The molecule has 0 unspecified atom stereocenters. The van der Waals surface area contributed by atoms with E-state index in [-0.39, 0.29) is 5.97 Å². The highest BCUT2D eigenvalue weighted by Gasteiger charge is 2.10. The molecule has 0 aliphatic heterocycles. The molecule has 0 bridgehead atoms. The summed E-state index contributed by atoms with van der Waals surface area (Å²) in [5.74, 6) is 1.45. The molecule has 0 aliphatic carbocycles. The number of esters is 1. The number of carbonyl (C=O) groups excluding carboxylic acids is 1. The van der Waals surface area contributed by atoms with Crippen molar-refractivity contribution in [2.24, 2.45) is 0 Å². The third-order valence-corrected chi connectivity index (χ3v) is 4.16. The van der Waals surface area contributed by atoms with E-state index in [0.29, 0.717) is 36.0 Å². The SMILES string of the molecule is CCOC(=O)c1ccc(Nc2ncnc(NCc3ccc(OC)cc3)c2N)cc1. The lowest BCUT2D eigenvalue weighted by molar-refractivity contribution is 0.0526. The molecule has 8 heteroatoms. The summed E-state index contributed by atoms with van der Waals surface area (Å²) in [5, 5.41) is 6.35. The lowest BCUT2D eigenvalue weighted by atomic mass is 10.2. The fourth-order valence-electron chi connectivity index (χ4n) is 2.61. The summed E-state index contributed by atoms with van der Waals surface area (Å²) in [6.45, 7) is 2.66. The van der Waals surface area contributed by atoms with Gasteiger partial charge in [0, 0.05) is 12.2 Å². The van der Waals surface area contributed by atoms with Gasteiger partial charge >= 0.3 is 5.97 Å². The standard InChI is InChI=1S/C21H23N5O3/c1-3-29-21(27)15-6-8-16(9-7-15)26-20-18(22)19(24-13-25-20)23-12-14-4-10-17(28-2)11-5-14/h4-11,13H,3,12,22H2,1-2H3,(H2,23,24,25,26). The zero-order chi connectivity index (χ0) is 20.6. The predicted octanol–water partition coefficient (Wildman–Crippen LogP) is 3.60. The van der Waals surface area contributed by atoms with Crippen LogP contribution < -0.4 is 21.1 Å². The molecule has 1 aromatic heterocycles. The number of carbonyl (C=O) groups is 1. The van der Waals surface area contributed by atoms with Crippen LogP contribution in [0.1, 0.15) is 22.8 Å². The highest BCUT2D eigenvalue weighted by molar-refractivity contribution is 5.90. The molecular weight excluding hydrogens is 370 g/mol. The Kier molecular flexibility index (Phi) is 6.47. The van der Waals surface area contributed by atoms with Crippen molar-refractivity contribution in [3.8, 4) is 5.75 Å². The molecule has 2 aromatic carbocycles. The highest BCUT2D eigenvalue weighted by atomic mass is 16.5. The number of methoxy groups -OCH3 is 1. The Morgan fingerprint density at radius 2 is 1.72 bits per heavy atom. The third-order valence-electron chi connectivity index (χ3n) is 4.16. The first-order valence-electron chi connectivity index (χ1n) is 9.12. The maximum atomic E-state index is 11.7. The predicted molar refractivity (Wildman–Crippen MR) is 112 cm³/mol. The number of hydrogen-bond donors (Lipinski definition) is 3. The second-order valence-corrected chi connectivity index (χ2v) is 6.11. The zero-order valence-electron chi connectivity index (χ0n) is 16.3. The van der Waals surface area contributed by atoms with Crippen LogP contribution in [0.5, 0.6) is 5.75 Å². The lowest BCUT2D eigenvalue weighted by Gasteiger charge is -2.13. The van der Waals surface area contributed by atoms with Gasteiger partial charge < -0.3 is 25.8 Å². The van der Waals surface area contributed by atoms with Crippen LogP contribution in [-0.2, 0) is 11.3 Å². The van der Waals surface area contributed by atoms with E-state index in [4.69, 9.17) is 15.2 Å². The number of nitrogens with two attached hydrogens (primary N) is 1. The topological polar surface area (TPSA) is 111 Å². The number of nitrogens with one attached hydrogen (secondary N) is 2. The smallest absolute Gasteiger partial charge is 0.338 e. The van der Waals surface area contributed by atoms with Crippen LogP contribution in [-0.4, -0.2) is 29.7 Å². The minimum absolute atomic E-state index is 0.336. The van der Waals surface area contributed by atoms with E-state index in [2.05, 4.69) is 20.6 Å². The number of anilines is 4. The normalized spacial score (nSPS) is 10.3. The van der Waals surface area contributed by atoms with Gasteiger partial charge in [-0.1, -0.05) is 12.1 Å². The van der Waals surface area contributed by atoms with Gasteiger partial charge in [0.05, 0.1) is 19.3 Å². The first-order valence-corrected chi connectivity index (χ1v) is 9.12. The molecule has 0 spiro atoms. The van der Waals surface area contributed by atoms with Crippen LogP contribution in [0.3, 0.4) is 0 Å². The van der Waals surface area contributed by atoms with Crippen molar-refractivity contribution in [3.05, 3.63) is 66.0 Å². The van der Waals surface area contributed by atoms with E-state index in [9.17, 15) is 4.79 Å². The van der Waals surface area contributed by atoms with Crippen molar-refractivity contribution in [1.82, 2.24) is 9.97 Å². The number of rotatable bonds is 8. The average molecular weight is 393 g/mol. The lowest BCUT2D eigenvalue weighted by Crippen LogP contribution is -2.08. The number of benzene rings is 2. The molecule has 0 saturated carbocycles. The molecule has 29 heavy (non-hydrogen) atoms. The Morgan fingerprint density at radius 1 is 1.03 bits per heavy atom. The van der Waals surface area contributed by atoms with Gasteiger partial charge in [-0.05, 0) is 48.9 Å². The van der Waals surface area contributed by atoms with Gasteiger partial charge in [0.15, 0.2) is 11.6 Å². The Bertz CT molecular complexity index is 959. The van der Waals surface area contributed by atoms with Gasteiger partial charge in [0.2, 0.25) is 0 Å². The van der Waals surface area contributed by atoms with Crippen LogP contribution in [0.2, 0.25) is 0 Å². The van der Waals surface area contributed by atoms with Crippen molar-refractivity contribution in [1.29, 1.82) is 0 Å². The molecule has 0 aliphatic rings. The summed E-state index contributed by atoms with van der Waals surface area (Å²) in [6, 6.07) is 14.6. The van der Waals surface area contributed by atoms with Gasteiger partial charge in [0.1, 0.15) is 17.8 Å². The second-order valence-electron chi connectivity index (χ2n) is 6.11. The minimum atomic E-state index is -0.356. The molecule has 8 nitrogen and oxygen atoms in total. The molecule has 0 amide bonds. The van der Waals surface area contributed by atoms with Gasteiger partial charge in [-0.15, -0.1) is 0 Å². The van der Waals surface area contributed by atoms with Crippen LogP contribution in [0, 0.1) is 0 Å². The van der Waals surface area contributed by atoms with Gasteiger partial charge in [0.25, 0.3) is 0 Å². The van der Waals surface area contributed by atoms with E-state index in [1.165, 1.54) is 6.33 Å². The maximum Gasteiger partial charge on any atom is 0.338 e. The quantitative estimate of drug-likeness (QED) is 0.498. The summed E-state index contributed by atoms with van der Waals surface area (Å²) in [4.78, 5) is 20.2. The van der Waals surface area contributed by atoms with E-state index in [1.54, 1.807) is 38.3 Å². The van der Waals surface area contributed by atoms with Crippen LogP contribution in [0.15, 0.2) is 54.9 Å². The highest BCUT2D eigenvalue weighted by Crippen LogP contribution is 2.26. The van der Waals surface area contributed by atoms with E-state index in [0.717, 1.165) is 17.0 Å². The molecule has 0 radical (unpaired) electrons. The van der Waals surface area contributed by atoms with E-state index >= 15 is 0 Å². The number of aromatic nitrogens is 2. The summed E-state index contributed by atoms with van der Waals surface area (Å²) < 4.78 is 10.1. The van der Waals surface area contributed by atoms with Crippen LogP contribution in [0.25, 0.3) is 0 Å². The molecule has 1 heterocycles. The molecule has 4 N–H and O–H groups in total. The molecule has 3 rings (SSSR count). The van der Waals surface area contributed by atoms with E-state index in [1.807, 2.05) is 24.3 Å². The fourth-order valence-corrected chi connectivity index (χ4v) is 2.61. The summed E-state index contributed by atoms with van der Waals surface area (Å²) in [5.41, 5.74) is 8.90. The van der Waals surface area contributed by atoms with E-state index < -0.39 is 0 Å². The second kappa shape index (κ2) is 9.41. The van der Waals surface area contributed by atoms with Crippen LogP contribution in [0.4, 0.5) is 23.0 Å². The van der Waals surface area contributed by atoms with Crippen molar-refractivity contribution < 1.29 is 14.3 Å². The first kappa shape index (κ1) is 19.9. The summed E-state index contributed by atoms with van der Waals surface area (Å²) >= 11 is 0. The Hall–Kier alpha value is -3.81. The monoisotopic (exact) mass is 393 g/mol. The number of nitrogen functional groups attached to an aromatic ring is 1. The third kappa shape index (κ3) is 5.13. The number of ether oxygens (including phenoxy) is 2. The molecule has 150 valence electrons. The Balaban J connectivity index is 1.67. The minimum Gasteiger partial charge on any atom is -0.497 e. The Labute approximate surface area is 169 Å². The van der Waals surface area contributed by atoms with Gasteiger partial charge in [-0.2, -0.15) is 0 Å². The average Bonchev–Trinajstić information content (AvgIpc) is 2.75. The van der Waals surface area contributed by atoms with Crippen LogP contribution >= 0.6 is 0 Å². The largest absolute Gasteiger partial charge is 0.497 e. The first-order chi connectivity index (χ1) is 14.1.